The van der Waals surface area contributed by atoms with Gasteiger partial charge in [0, 0.05) is 16.3 Å². The Kier molecular flexibility index (Phi) is 4.89. The standard InChI is InChI=1S/C12H16Br2O3S/c1-12(2,18(4,15)16)11(14)9-7-8(13)5-6-10(9)17-3/h5-7,11H,1-4H3. The van der Waals surface area contributed by atoms with Crippen molar-refractivity contribution in [1.82, 2.24) is 0 Å². The molecule has 0 spiro atoms. The summed E-state index contributed by atoms with van der Waals surface area (Å²) in [6.45, 7) is 3.39. The van der Waals surface area contributed by atoms with E-state index in [1.807, 2.05) is 18.2 Å². The van der Waals surface area contributed by atoms with Crippen LogP contribution in [-0.4, -0.2) is 26.5 Å². The molecule has 0 N–H and O–H groups in total. The predicted octanol–water partition coefficient (Wildman–Crippen LogP) is 3.72. The van der Waals surface area contributed by atoms with Crippen LogP contribution in [0.15, 0.2) is 22.7 Å². The van der Waals surface area contributed by atoms with Gasteiger partial charge in [-0.2, -0.15) is 0 Å². The fourth-order valence-electron chi connectivity index (χ4n) is 1.47. The molecule has 1 aromatic carbocycles. The van der Waals surface area contributed by atoms with Crippen molar-refractivity contribution >= 4 is 41.7 Å². The third kappa shape index (κ3) is 3.08. The lowest BCUT2D eigenvalue weighted by molar-refractivity contribution is 0.407. The highest BCUT2D eigenvalue weighted by molar-refractivity contribution is 9.10. The van der Waals surface area contributed by atoms with Crippen molar-refractivity contribution in [3.63, 3.8) is 0 Å². The average molecular weight is 400 g/mol. The van der Waals surface area contributed by atoms with E-state index in [-0.39, 0.29) is 4.83 Å². The lowest BCUT2D eigenvalue weighted by Gasteiger charge is -2.29. The lowest BCUT2D eigenvalue weighted by Crippen LogP contribution is -2.35. The SMILES string of the molecule is COc1ccc(Br)cc1C(Br)C(C)(C)S(C)(=O)=O. The summed E-state index contributed by atoms with van der Waals surface area (Å²) < 4.78 is 29.0. The van der Waals surface area contributed by atoms with Gasteiger partial charge in [-0.25, -0.2) is 8.42 Å². The molecule has 3 nitrogen and oxygen atoms in total. The van der Waals surface area contributed by atoms with E-state index >= 15 is 0 Å². The van der Waals surface area contributed by atoms with Crippen LogP contribution in [0, 0.1) is 0 Å². The van der Waals surface area contributed by atoms with E-state index in [0.717, 1.165) is 10.0 Å². The van der Waals surface area contributed by atoms with E-state index in [2.05, 4.69) is 31.9 Å². The maximum Gasteiger partial charge on any atom is 0.154 e. The highest BCUT2D eigenvalue weighted by Crippen LogP contribution is 2.43. The van der Waals surface area contributed by atoms with Gasteiger partial charge in [-0.05, 0) is 32.0 Å². The van der Waals surface area contributed by atoms with Gasteiger partial charge >= 0.3 is 0 Å². The van der Waals surface area contributed by atoms with E-state index in [0.29, 0.717) is 5.75 Å². The molecule has 102 valence electrons. The monoisotopic (exact) mass is 398 g/mol. The van der Waals surface area contributed by atoms with E-state index < -0.39 is 14.6 Å². The van der Waals surface area contributed by atoms with E-state index in [1.54, 1.807) is 21.0 Å². The molecule has 0 aromatic heterocycles. The van der Waals surface area contributed by atoms with Crippen LogP contribution in [0.2, 0.25) is 0 Å². The molecule has 0 bridgehead atoms. The Bertz CT molecular complexity index is 538. The summed E-state index contributed by atoms with van der Waals surface area (Å²) in [5, 5.41) is 0. The minimum absolute atomic E-state index is 0.354. The Morgan fingerprint density at radius 1 is 1.33 bits per heavy atom. The van der Waals surface area contributed by atoms with Crippen LogP contribution in [0.1, 0.15) is 24.2 Å². The Labute approximate surface area is 125 Å². The number of benzene rings is 1. The van der Waals surface area contributed by atoms with Crippen LogP contribution in [0.4, 0.5) is 0 Å². The summed E-state index contributed by atoms with van der Waals surface area (Å²) in [4.78, 5) is -0.354. The maximum absolute atomic E-state index is 11.9. The molecule has 0 aliphatic rings. The normalized spacial score (nSPS) is 14.3. The summed E-state index contributed by atoms with van der Waals surface area (Å²) >= 11 is 6.87. The molecule has 1 aromatic rings. The largest absolute Gasteiger partial charge is 0.496 e. The van der Waals surface area contributed by atoms with Gasteiger partial charge < -0.3 is 4.74 Å². The molecule has 1 atom stereocenters. The molecule has 0 saturated heterocycles. The molecule has 18 heavy (non-hydrogen) atoms. The summed E-state index contributed by atoms with van der Waals surface area (Å²) in [6, 6.07) is 5.53. The minimum Gasteiger partial charge on any atom is -0.496 e. The molecule has 0 aliphatic carbocycles. The summed E-state index contributed by atoms with van der Waals surface area (Å²) in [5.74, 6) is 0.664. The first-order chi connectivity index (χ1) is 8.11. The van der Waals surface area contributed by atoms with Gasteiger partial charge in [-0.15, -0.1) is 0 Å². The molecule has 1 unspecified atom stereocenters. The number of halogens is 2. The number of hydrogen-bond acceptors (Lipinski definition) is 3. The maximum atomic E-state index is 11.9. The van der Waals surface area contributed by atoms with Crippen LogP contribution < -0.4 is 4.74 Å². The number of ether oxygens (including phenoxy) is 1. The Hall–Kier alpha value is -0.0700. The van der Waals surface area contributed by atoms with E-state index in [9.17, 15) is 8.42 Å². The second-order valence-electron chi connectivity index (χ2n) is 4.62. The van der Waals surface area contributed by atoms with Crippen molar-refractivity contribution in [1.29, 1.82) is 0 Å². The van der Waals surface area contributed by atoms with Gasteiger partial charge in [0.25, 0.3) is 0 Å². The third-order valence-electron chi connectivity index (χ3n) is 3.03. The second-order valence-corrected chi connectivity index (χ2v) is 9.05. The zero-order valence-electron chi connectivity index (χ0n) is 10.7. The Morgan fingerprint density at radius 2 is 1.89 bits per heavy atom. The van der Waals surface area contributed by atoms with Crippen molar-refractivity contribution < 1.29 is 13.2 Å². The molecule has 0 saturated carbocycles. The molecule has 0 radical (unpaired) electrons. The van der Waals surface area contributed by atoms with Crippen LogP contribution >= 0.6 is 31.9 Å². The molecule has 6 heteroatoms. The first-order valence-electron chi connectivity index (χ1n) is 5.28. The predicted molar refractivity (Wildman–Crippen MR) is 81.3 cm³/mol. The topological polar surface area (TPSA) is 43.4 Å². The van der Waals surface area contributed by atoms with Gasteiger partial charge in [0.05, 0.1) is 16.7 Å². The molecule has 0 fully saturated rings. The quantitative estimate of drug-likeness (QED) is 0.724. The lowest BCUT2D eigenvalue weighted by atomic mass is 10.0. The third-order valence-corrected chi connectivity index (χ3v) is 7.61. The molecule has 0 amide bonds. The average Bonchev–Trinajstić information content (AvgIpc) is 2.26. The second kappa shape index (κ2) is 5.51. The number of rotatable bonds is 4. The smallest absolute Gasteiger partial charge is 0.154 e. The van der Waals surface area contributed by atoms with Gasteiger partial charge in [0.15, 0.2) is 9.84 Å². The first kappa shape index (κ1) is 16.0. The van der Waals surface area contributed by atoms with Crippen LogP contribution in [0.5, 0.6) is 5.75 Å². The van der Waals surface area contributed by atoms with Crippen LogP contribution in [-0.2, 0) is 9.84 Å². The molecule has 0 aliphatic heterocycles. The van der Waals surface area contributed by atoms with Gasteiger partial charge in [-0.3, -0.25) is 0 Å². The van der Waals surface area contributed by atoms with Crippen molar-refractivity contribution in [3.05, 3.63) is 28.2 Å². The zero-order chi connectivity index (χ0) is 14.1. The fourth-order valence-corrected chi connectivity index (χ4v) is 3.72. The Morgan fingerprint density at radius 3 is 2.33 bits per heavy atom. The summed E-state index contributed by atoms with van der Waals surface area (Å²) in [5.41, 5.74) is 0.808. The van der Waals surface area contributed by atoms with Crippen molar-refractivity contribution in [2.75, 3.05) is 13.4 Å². The first-order valence-corrected chi connectivity index (χ1v) is 8.88. The summed E-state index contributed by atoms with van der Waals surface area (Å²) in [7, 11) is -1.64. The van der Waals surface area contributed by atoms with Crippen LogP contribution in [0.3, 0.4) is 0 Å². The van der Waals surface area contributed by atoms with Crippen LogP contribution in [0.25, 0.3) is 0 Å². The Balaban J connectivity index is 3.35. The van der Waals surface area contributed by atoms with Gasteiger partial charge in [0.2, 0.25) is 0 Å². The minimum atomic E-state index is -3.21. The van der Waals surface area contributed by atoms with E-state index in [4.69, 9.17) is 4.74 Å². The molecular weight excluding hydrogens is 384 g/mol. The zero-order valence-corrected chi connectivity index (χ0v) is 14.7. The highest BCUT2D eigenvalue weighted by atomic mass is 79.9. The van der Waals surface area contributed by atoms with E-state index in [1.165, 1.54) is 6.26 Å². The van der Waals surface area contributed by atoms with Crippen molar-refractivity contribution in [3.8, 4) is 5.75 Å². The van der Waals surface area contributed by atoms with Gasteiger partial charge in [-0.1, -0.05) is 31.9 Å². The van der Waals surface area contributed by atoms with Gasteiger partial charge in [0.1, 0.15) is 5.75 Å². The fraction of sp³-hybridized carbons (Fsp3) is 0.500. The van der Waals surface area contributed by atoms with Crippen molar-refractivity contribution in [2.45, 2.75) is 23.4 Å². The highest BCUT2D eigenvalue weighted by Gasteiger charge is 2.39. The number of alkyl halides is 1. The number of hydrogen-bond donors (Lipinski definition) is 0. The summed E-state index contributed by atoms with van der Waals surface area (Å²) in [6.07, 6.45) is 1.24. The molecule has 1 rings (SSSR count). The number of methoxy groups -OCH3 is 1. The molecular formula is C12H16Br2O3S. The van der Waals surface area contributed by atoms with Crippen molar-refractivity contribution in [2.24, 2.45) is 0 Å². The molecule has 0 heterocycles. The number of sulfone groups is 1.